The van der Waals surface area contributed by atoms with Crippen LogP contribution in [-0.4, -0.2) is 23.2 Å². The Morgan fingerprint density at radius 1 is 1.56 bits per heavy atom. The van der Waals surface area contributed by atoms with E-state index in [0.717, 1.165) is 25.7 Å². The predicted octanol–water partition coefficient (Wildman–Crippen LogP) is 2.01. The van der Waals surface area contributed by atoms with E-state index in [9.17, 15) is 9.90 Å². The highest BCUT2D eigenvalue weighted by Gasteiger charge is 2.34. The molecule has 0 saturated heterocycles. The lowest BCUT2D eigenvalue weighted by atomic mass is 9.77. The molecule has 1 rings (SSSR count). The van der Waals surface area contributed by atoms with E-state index in [4.69, 9.17) is 0 Å². The number of allylic oxidation sites excluding steroid dienone is 1. The van der Waals surface area contributed by atoms with Crippen LogP contribution in [0.4, 0.5) is 0 Å². The Balaban J connectivity index is 2.47. The summed E-state index contributed by atoms with van der Waals surface area (Å²) in [6.07, 6.45) is 6.87. The largest absolute Gasteiger partial charge is 0.394 e. The molecule has 3 heteroatoms. The van der Waals surface area contributed by atoms with Crippen LogP contribution >= 0.6 is 0 Å². The molecule has 1 aliphatic rings. The summed E-state index contributed by atoms with van der Waals surface area (Å²) in [6, 6.07) is 0. The van der Waals surface area contributed by atoms with Gasteiger partial charge in [-0.15, -0.1) is 6.58 Å². The first-order chi connectivity index (χ1) is 7.62. The van der Waals surface area contributed by atoms with E-state index < -0.39 is 0 Å². The maximum atomic E-state index is 11.6. The van der Waals surface area contributed by atoms with E-state index >= 15 is 0 Å². The van der Waals surface area contributed by atoms with Crippen molar-refractivity contribution in [3.05, 3.63) is 12.7 Å². The van der Waals surface area contributed by atoms with Crippen LogP contribution in [0.5, 0.6) is 0 Å². The van der Waals surface area contributed by atoms with Crippen molar-refractivity contribution in [3.8, 4) is 0 Å². The molecule has 0 bridgehead atoms. The molecule has 0 spiro atoms. The highest BCUT2D eigenvalue weighted by Crippen LogP contribution is 2.31. The van der Waals surface area contributed by atoms with Gasteiger partial charge < -0.3 is 10.4 Å². The van der Waals surface area contributed by atoms with E-state index in [1.807, 2.05) is 0 Å². The molecule has 0 aliphatic heterocycles. The lowest BCUT2D eigenvalue weighted by molar-refractivity contribution is -0.124. The lowest BCUT2D eigenvalue weighted by Gasteiger charge is -2.38. The quantitative estimate of drug-likeness (QED) is 0.703. The summed E-state index contributed by atoms with van der Waals surface area (Å²) in [7, 11) is 0. The molecule has 0 aromatic rings. The SMILES string of the molecule is C=CCCC(=O)NC1(CO)CCC(C)CC1. The van der Waals surface area contributed by atoms with Crippen molar-refractivity contribution in [2.45, 2.75) is 51.0 Å². The minimum absolute atomic E-state index is 0.0310. The van der Waals surface area contributed by atoms with Gasteiger partial charge in [-0.3, -0.25) is 4.79 Å². The summed E-state index contributed by atoms with van der Waals surface area (Å²) in [5, 5.41) is 12.5. The van der Waals surface area contributed by atoms with Gasteiger partial charge in [-0.25, -0.2) is 0 Å². The van der Waals surface area contributed by atoms with Crippen LogP contribution in [0.3, 0.4) is 0 Å². The van der Waals surface area contributed by atoms with Gasteiger partial charge in [-0.05, 0) is 38.0 Å². The van der Waals surface area contributed by atoms with Gasteiger partial charge in [0.2, 0.25) is 5.91 Å². The highest BCUT2D eigenvalue weighted by molar-refractivity contribution is 5.77. The minimum atomic E-state index is -0.356. The fraction of sp³-hybridized carbons (Fsp3) is 0.769. The van der Waals surface area contributed by atoms with Gasteiger partial charge in [0.1, 0.15) is 0 Å². The second kappa shape index (κ2) is 6.04. The van der Waals surface area contributed by atoms with Crippen molar-refractivity contribution in [1.29, 1.82) is 0 Å². The molecule has 0 unspecified atom stereocenters. The number of hydrogen-bond acceptors (Lipinski definition) is 2. The van der Waals surface area contributed by atoms with Gasteiger partial charge in [0, 0.05) is 6.42 Å². The lowest BCUT2D eigenvalue weighted by Crippen LogP contribution is -2.53. The van der Waals surface area contributed by atoms with E-state index in [-0.39, 0.29) is 18.1 Å². The van der Waals surface area contributed by atoms with E-state index in [0.29, 0.717) is 18.8 Å². The molecular formula is C13H23NO2. The van der Waals surface area contributed by atoms with Gasteiger partial charge in [-0.2, -0.15) is 0 Å². The number of carbonyl (C=O) groups is 1. The van der Waals surface area contributed by atoms with E-state index in [1.54, 1.807) is 6.08 Å². The molecule has 1 amide bonds. The summed E-state index contributed by atoms with van der Waals surface area (Å²) in [6.45, 7) is 5.88. The normalized spacial score (nSPS) is 29.8. The third-order valence-electron chi connectivity index (χ3n) is 3.51. The van der Waals surface area contributed by atoms with Crippen molar-refractivity contribution >= 4 is 5.91 Å². The molecule has 0 heterocycles. The van der Waals surface area contributed by atoms with Crippen molar-refractivity contribution in [3.63, 3.8) is 0 Å². The first-order valence-corrected chi connectivity index (χ1v) is 6.14. The number of carbonyl (C=O) groups excluding carboxylic acids is 1. The number of aliphatic hydroxyl groups is 1. The van der Waals surface area contributed by atoms with Crippen LogP contribution < -0.4 is 5.32 Å². The summed E-state index contributed by atoms with van der Waals surface area (Å²) in [5.41, 5.74) is -0.356. The van der Waals surface area contributed by atoms with Crippen LogP contribution in [0.1, 0.15) is 45.4 Å². The Morgan fingerprint density at radius 3 is 2.69 bits per heavy atom. The monoisotopic (exact) mass is 225 g/mol. The molecule has 92 valence electrons. The van der Waals surface area contributed by atoms with Crippen molar-refractivity contribution in [2.75, 3.05) is 6.61 Å². The number of hydrogen-bond donors (Lipinski definition) is 2. The molecule has 3 nitrogen and oxygen atoms in total. The number of rotatable bonds is 5. The van der Waals surface area contributed by atoms with Crippen LogP contribution in [-0.2, 0) is 4.79 Å². The zero-order valence-corrected chi connectivity index (χ0v) is 10.2. The van der Waals surface area contributed by atoms with Crippen molar-refractivity contribution in [2.24, 2.45) is 5.92 Å². The Hall–Kier alpha value is -0.830. The predicted molar refractivity (Wildman–Crippen MR) is 65.0 cm³/mol. The highest BCUT2D eigenvalue weighted by atomic mass is 16.3. The maximum Gasteiger partial charge on any atom is 0.220 e. The first kappa shape index (κ1) is 13.2. The Bertz CT molecular complexity index is 242. The average molecular weight is 225 g/mol. The average Bonchev–Trinajstić information content (AvgIpc) is 2.30. The van der Waals surface area contributed by atoms with Gasteiger partial charge in [0.15, 0.2) is 0 Å². The van der Waals surface area contributed by atoms with Gasteiger partial charge in [0.05, 0.1) is 12.1 Å². The second-order valence-electron chi connectivity index (χ2n) is 5.00. The van der Waals surface area contributed by atoms with Crippen LogP contribution in [0, 0.1) is 5.92 Å². The van der Waals surface area contributed by atoms with Crippen LogP contribution in [0.25, 0.3) is 0 Å². The Labute approximate surface area is 97.9 Å². The fourth-order valence-corrected chi connectivity index (χ4v) is 2.23. The molecular weight excluding hydrogens is 202 g/mol. The summed E-state index contributed by atoms with van der Waals surface area (Å²) >= 11 is 0. The molecule has 2 N–H and O–H groups in total. The third kappa shape index (κ3) is 3.63. The molecule has 1 saturated carbocycles. The Morgan fingerprint density at radius 2 is 2.19 bits per heavy atom. The number of nitrogens with one attached hydrogen (secondary N) is 1. The topological polar surface area (TPSA) is 49.3 Å². The van der Waals surface area contributed by atoms with Crippen molar-refractivity contribution < 1.29 is 9.90 Å². The second-order valence-corrected chi connectivity index (χ2v) is 5.00. The number of aliphatic hydroxyl groups excluding tert-OH is 1. The minimum Gasteiger partial charge on any atom is -0.394 e. The summed E-state index contributed by atoms with van der Waals surface area (Å²) in [5.74, 6) is 0.744. The molecule has 16 heavy (non-hydrogen) atoms. The molecule has 0 radical (unpaired) electrons. The Kier molecular flexibility index (Phi) is 5.00. The zero-order chi connectivity index (χ0) is 12.0. The number of amides is 1. The van der Waals surface area contributed by atoms with Crippen molar-refractivity contribution in [1.82, 2.24) is 5.32 Å². The van der Waals surface area contributed by atoms with Gasteiger partial charge in [-0.1, -0.05) is 13.0 Å². The third-order valence-corrected chi connectivity index (χ3v) is 3.51. The molecule has 1 fully saturated rings. The molecule has 0 aromatic carbocycles. The van der Waals surface area contributed by atoms with Crippen LogP contribution in [0.15, 0.2) is 12.7 Å². The smallest absolute Gasteiger partial charge is 0.220 e. The standard InChI is InChI=1S/C13H23NO2/c1-3-4-5-12(16)14-13(10-15)8-6-11(2)7-9-13/h3,11,15H,1,4-10H2,2H3,(H,14,16). The summed E-state index contributed by atoms with van der Waals surface area (Å²) in [4.78, 5) is 11.6. The first-order valence-electron chi connectivity index (χ1n) is 6.14. The van der Waals surface area contributed by atoms with Crippen LogP contribution in [0.2, 0.25) is 0 Å². The molecule has 0 atom stereocenters. The molecule has 0 aromatic heterocycles. The summed E-state index contributed by atoms with van der Waals surface area (Å²) < 4.78 is 0. The fourth-order valence-electron chi connectivity index (χ4n) is 2.23. The maximum absolute atomic E-state index is 11.6. The van der Waals surface area contributed by atoms with E-state index in [1.165, 1.54) is 0 Å². The van der Waals surface area contributed by atoms with Gasteiger partial charge in [0.25, 0.3) is 0 Å². The zero-order valence-electron chi connectivity index (χ0n) is 10.2. The van der Waals surface area contributed by atoms with Gasteiger partial charge >= 0.3 is 0 Å². The van der Waals surface area contributed by atoms with E-state index in [2.05, 4.69) is 18.8 Å². The molecule has 1 aliphatic carbocycles.